The fraction of sp³-hybridized carbons (Fsp3) is 0.333. The summed E-state index contributed by atoms with van der Waals surface area (Å²) in [6.07, 6.45) is 1.75. The average molecular weight is 612 g/mol. The summed E-state index contributed by atoms with van der Waals surface area (Å²) < 4.78 is 23.5. The third-order valence-electron chi connectivity index (χ3n) is 6.83. The van der Waals surface area contributed by atoms with Crippen molar-refractivity contribution in [1.29, 1.82) is 0 Å². The second kappa shape index (κ2) is 13.5. The first kappa shape index (κ1) is 29.7. The minimum absolute atomic E-state index is 0.0698. The summed E-state index contributed by atoms with van der Waals surface area (Å²) in [6.45, 7) is 4.09. The molecule has 5 rings (SSSR count). The van der Waals surface area contributed by atoms with Crippen LogP contribution in [0.5, 0.6) is 5.75 Å². The number of carbonyl (C=O) groups is 2. The summed E-state index contributed by atoms with van der Waals surface area (Å²) in [5.74, 6) is -0.167. The van der Waals surface area contributed by atoms with Crippen LogP contribution >= 0.6 is 22.9 Å². The molecule has 2 aromatic carbocycles. The molecule has 2 aliphatic rings. The van der Waals surface area contributed by atoms with Gasteiger partial charge in [-0.05, 0) is 48.4 Å². The Morgan fingerprint density at radius 3 is 2.64 bits per heavy atom. The van der Waals surface area contributed by atoms with Gasteiger partial charge in [-0.2, -0.15) is 0 Å². The summed E-state index contributed by atoms with van der Waals surface area (Å²) in [7, 11) is 1.52. The Labute approximate surface area is 251 Å². The highest BCUT2D eigenvalue weighted by molar-refractivity contribution is 7.07. The largest absolute Gasteiger partial charge is 0.484 e. The highest BCUT2D eigenvalue weighted by Gasteiger charge is 2.33. The van der Waals surface area contributed by atoms with E-state index in [1.165, 1.54) is 23.0 Å². The van der Waals surface area contributed by atoms with Crippen LogP contribution in [-0.2, 0) is 23.8 Å². The third kappa shape index (κ3) is 6.65. The number of nitrogens with zero attached hydrogens (tertiary/aromatic N) is 3. The van der Waals surface area contributed by atoms with Crippen molar-refractivity contribution in [1.82, 2.24) is 9.47 Å². The van der Waals surface area contributed by atoms with Gasteiger partial charge in [-0.15, -0.1) is 0 Å². The normalized spacial score (nSPS) is 17.1. The van der Waals surface area contributed by atoms with Gasteiger partial charge in [0.25, 0.3) is 11.5 Å². The van der Waals surface area contributed by atoms with E-state index in [2.05, 4.69) is 4.99 Å². The van der Waals surface area contributed by atoms with Crippen LogP contribution in [0.4, 0.5) is 0 Å². The average Bonchev–Trinajstić information content (AvgIpc) is 3.30. The highest BCUT2D eigenvalue weighted by atomic mass is 35.5. The number of methoxy groups -OCH3 is 1. The maximum absolute atomic E-state index is 13.8. The number of carbonyl (C=O) groups excluding carboxylic acids is 2. The molecule has 0 N–H and O–H groups in total. The number of hydrogen-bond donors (Lipinski definition) is 0. The Hall–Kier alpha value is -3.77. The Morgan fingerprint density at radius 2 is 1.90 bits per heavy atom. The van der Waals surface area contributed by atoms with Crippen molar-refractivity contribution in [3.05, 3.63) is 95.6 Å². The maximum Gasteiger partial charge on any atom is 0.338 e. The number of aromatic nitrogens is 1. The summed E-state index contributed by atoms with van der Waals surface area (Å²) in [6, 6.07) is 13.4. The number of amides is 1. The van der Waals surface area contributed by atoms with E-state index in [4.69, 9.17) is 30.5 Å². The number of allylic oxidation sites excluding steroid dienone is 1. The zero-order valence-electron chi connectivity index (χ0n) is 23.2. The molecule has 1 atom stereocenters. The van der Waals surface area contributed by atoms with Crippen molar-refractivity contribution < 1.29 is 28.5 Å². The smallest absolute Gasteiger partial charge is 0.338 e. The Bertz CT molecular complexity index is 1670. The van der Waals surface area contributed by atoms with Gasteiger partial charge >= 0.3 is 5.97 Å². The van der Waals surface area contributed by atoms with Gasteiger partial charge in [0.1, 0.15) is 12.4 Å². The van der Waals surface area contributed by atoms with Crippen molar-refractivity contribution in [2.75, 3.05) is 53.2 Å². The summed E-state index contributed by atoms with van der Waals surface area (Å²) >= 11 is 7.36. The van der Waals surface area contributed by atoms with Crippen LogP contribution in [-0.4, -0.2) is 74.6 Å². The fourth-order valence-corrected chi connectivity index (χ4v) is 5.91. The van der Waals surface area contributed by atoms with Crippen LogP contribution in [0.1, 0.15) is 24.1 Å². The molecule has 0 aliphatic carbocycles. The molecule has 1 saturated heterocycles. The Morgan fingerprint density at radius 1 is 1.14 bits per heavy atom. The molecule has 0 bridgehead atoms. The van der Waals surface area contributed by atoms with Gasteiger partial charge < -0.3 is 23.8 Å². The van der Waals surface area contributed by atoms with Crippen molar-refractivity contribution >= 4 is 40.9 Å². The van der Waals surface area contributed by atoms with Crippen LogP contribution in [0.2, 0.25) is 5.02 Å². The summed E-state index contributed by atoms with van der Waals surface area (Å²) in [5.41, 5.74) is 1.84. The van der Waals surface area contributed by atoms with Crippen LogP contribution in [0.3, 0.4) is 0 Å². The topological polar surface area (TPSA) is 109 Å². The number of benzene rings is 2. The van der Waals surface area contributed by atoms with Crippen LogP contribution in [0, 0.1) is 0 Å². The van der Waals surface area contributed by atoms with Gasteiger partial charge in [0.2, 0.25) is 0 Å². The molecule has 10 nitrogen and oxygen atoms in total. The van der Waals surface area contributed by atoms with Crippen LogP contribution < -0.4 is 19.6 Å². The number of halogens is 1. The molecule has 0 radical (unpaired) electrons. The van der Waals surface area contributed by atoms with Crippen LogP contribution in [0.15, 0.2) is 69.6 Å². The monoisotopic (exact) mass is 611 g/mol. The first-order valence-corrected chi connectivity index (χ1v) is 14.6. The second-order valence-corrected chi connectivity index (χ2v) is 11.1. The van der Waals surface area contributed by atoms with Gasteiger partial charge in [-0.3, -0.25) is 14.2 Å². The number of hydrogen-bond acceptors (Lipinski definition) is 9. The molecule has 220 valence electrons. The molecular formula is C30H30ClN3O7S. The predicted molar refractivity (Wildman–Crippen MR) is 157 cm³/mol. The third-order valence-corrected chi connectivity index (χ3v) is 8.06. The van der Waals surface area contributed by atoms with Crippen LogP contribution in [0.25, 0.3) is 6.08 Å². The Balaban J connectivity index is 1.47. The van der Waals surface area contributed by atoms with Gasteiger partial charge in [0.05, 0.1) is 41.7 Å². The number of morpholine rings is 1. The number of fused-ring (bicyclic) bond motifs is 1. The van der Waals surface area contributed by atoms with E-state index in [0.29, 0.717) is 57.7 Å². The summed E-state index contributed by atoms with van der Waals surface area (Å²) in [4.78, 5) is 46.3. The molecule has 1 fully saturated rings. The molecule has 2 aliphatic heterocycles. The number of rotatable bonds is 9. The van der Waals surface area contributed by atoms with E-state index in [1.807, 2.05) is 6.07 Å². The van der Waals surface area contributed by atoms with Gasteiger partial charge in [-0.1, -0.05) is 47.2 Å². The maximum atomic E-state index is 13.8. The summed E-state index contributed by atoms with van der Waals surface area (Å²) in [5, 5.41) is 0.532. The standard InChI is InChI=1S/C30H30ClN3O7S/c1-19-26(29(37)40-15-14-38-2)27(21-6-8-22(31)9-7-21)34-28(36)24(42-30(34)32-19)17-20-4-3-5-23(16-20)41-18-25(35)33-10-12-39-13-11-33/h3-9,16-17,27H,10-15,18H2,1-2H3. The lowest BCUT2D eigenvalue weighted by atomic mass is 9.96. The van der Waals surface area contributed by atoms with E-state index >= 15 is 0 Å². The number of ether oxygens (including phenoxy) is 4. The molecule has 0 spiro atoms. The first-order valence-electron chi connectivity index (χ1n) is 13.4. The van der Waals surface area contributed by atoms with Gasteiger partial charge in [0, 0.05) is 25.2 Å². The van der Waals surface area contributed by atoms with Gasteiger partial charge in [-0.25, -0.2) is 9.79 Å². The number of esters is 1. The fourth-order valence-electron chi connectivity index (χ4n) is 4.73. The van der Waals surface area contributed by atoms with E-state index in [1.54, 1.807) is 60.4 Å². The lowest BCUT2D eigenvalue weighted by Gasteiger charge is -2.26. The zero-order chi connectivity index (χ0) is 29.6. The Kier molecular flexibility index (Phi) is 9.53. The van der Waals surface area contributed by atoms with E-state index in [0.717, 1.165) is 5.56 Å². The zero-order valence-corrected chi connectivity index (χ0v) is 24.8. The van der Waals surface area contributed by atoms with E-state index in [9.17, 15) is 14.4 Å². The molecule has 3 heterocycles. The first-order chi connectivity index (χ1) is 20.4. The minimum atomic E-state index is -0.753. The van der Waals surface area contributed by atoms with Crippen molar-refractivity contribution in [3.63, 3.8) is 0 Å². The molecular weight excluding hydrogens is 582 g/mol. The second-order valence-electron chi connectivity index (χ2n) is 9.62. The lowest BCUT2D eigenvalue weighted by Crippen LogP contribution is -2.42. The number of thiazole rings is 1. The predicted octanol–water partition coefficient (Wildman–Crippen LogP) is 2.32. The van der Waals surface area contributed by atoms with Crippen molar-refractivity contribution in [2.45, 2.75) is 13.0 Å². The molecule has 12 heteroatoms. The SMILES string of the molecule is COCCOC(=O)C1=C(C)N=c2sc(=Cc3cccc(OCC(=O)N4CCOCC4)c3)c(=O)n2C1c1ccc(Cl)cc1. The minimum Gasteiger partial charge on any atom is -0.484 e. The van der Waals surface area contributed by atoms with Crippen molar-refractivity contribution in [2.24, 2.45) is 4.99 Å². The van der Waals surface area contributed by atoms with E-state index in [-0.39, 0.29) is 36.9 Å². The van der Waals surface area contributed by atoms with E-state index < -0.39 is 12.0 Å². The lowest BCUT2D eigenvalue weighted by molar-refractivity contribution is -0.141. The van der Waals surface area contributed by atoms with Gasteiger partial charge in [0.15, 0.2) is 11.4 Å². The molecule has 0 saturated carbocycles. The highest BCUT2D eigenvalue weighted by Crippen LogP contribution is 2.31. The molecule has 3 aromatic rings. The molecule has 1 unspecified atom stereocenters. The quantitative estimate of drug-likeness (QED) is 0.270. The molecule has 1 aromatic heterocycles. The molecule has 1 amide bonds. The molecule has 42 heavy (non-hydrogen) atoms. The van der Waals surface area contributed by atoms with Crippen molar-refractivity contribution in [3.8, 4) is 5.75 Å².